The van der Waals surface area contributed by atoms with Crippen LogP contribution in [0.25, 0.3) is 0 Å². The van der Waals surface area contributed by atoms with Gasteiger partial charge in [-0.2, -0.15) is 0 Å². The number of aliphatic carboxylic acids is 2. The molecule has 0 aliphatic carbocycles. The molecule has 30 heavy (non-hydrogen) atoms. The minimum absolute atomic E-state index is 0.122. The first-order valence-electron chi connectivity index (χ1n) is 9.74. The molecule has 6 nitrogen and oxygen atoms in total. The lowest BCUT2D eigenvalue weighted by atomic mass is 9.95. The number of nitrogens with one attached hydrogen (secondary N) is 1. The van der Waals surface area contributed by atoms with Gasteiger partial charge in [-0.1, -0.05) is 48.5 Å². The number of carbonyl (C=O) groups is 2. The number of benzene rings is 2. The smallest absolute Gasteiger partial charge is 0.328 e. The number of para-hydroxylation sites is 1. The number of alkyl halides is 1. The normalized spacial score (nSPS) is 15.8. The molecule has 1 aliphatic heterocycles. The zero-order chi connectivity index (χ0) is 21.8. The van der Waals surface area contributed by atoms with Crippen molar-refractivity contribution in [1.82, 2.24) is 4.90 Å². The number of halogens is 1. The number of hydrogen-bond acceptors (Lipinski definition) is 4. The summed E-state index contributed by atoms with van der Waals surface area (Å²) < 4.78 is 0. The van der Waals surface area contributed by atoms with Crippen LogP contribution in [0.4, 0.5) is 5.69 Å². The number of piperidine rings is 1. The Morgan fingerprint density at radius 1 is 0.933 bits per heavy atom. The largest absolute Gasteiger partial charge is 0.478 e. The predicted molar refractivity (Wildman–Crippen MR) is 119 cm³/mol. The second-order valence-electron chi connectivity index (χ2n) is 7.14. The monoisotopic (exact) mass is 430 g/mol. The number of carboxylic acid groups (broad SMARTS) is 2. The maximum Gasteiger partial charge on any atom is 0.328 e. The van der Waals surface area contributed by atoms with Crippen LogP contribution < -0.4 is 5.32 Å². The summed E-state index contributed by atoms with van der Waals surface area (Å²) in [4.78, 5) is 21.5. The second kappa shape index (κ2) is 12.0. The summed E-state index contributed by atoms with van der Waals surface area (Å²) in [5.41, 5.74) is 2.53. The van der Waals surface area contributed by atoms with Crippen LogP contribution in [0.1, 0.15) is 18.4 Å². The van der Waals surface area contributed by atoms with Crippen LogP contribution in [-0.4, -0.2) is 51.6 Å². The van der Waals surface area contributed by atoms with Crippen molar-refractivity contribution in [3.63, 3.8) is 0 Å². The Balaban J connectivity index is 0.000000343. The van der Waals surface area contributed by atoms with Gasteiger partial charge < -0.3 is 15.5 Å². The van der Waals surface area contributed by atoms with E-state index in [4.69, 9.17) is 21.8 Å². The molecule has 0 radical (unpaired) electrons. The van der Waals surface area contributed by atoms with E-state index in [2.05, 4.69) is 52.7 Å². The summed E-state index contributed by atoms with van der Waals surface area (Å²) in [6.07, 6.45) is 3.17. The van der Waals surface area contributed by atoms with E-state index in [-0.39, 0.29) is 4.87 Å². The molecular weight excluding hydrogens is 404 g/mol. The molecule has 0 saturated carbocycles. The maximum atomic E-state index is 9.55. The van der Waals surface area contributed by atoms with Gasteiger partial charge in [0.2, 0.25) is 0 Å². The first-order valence-corrected chi connectivity index (χ1v) is 10.1. The molecule has 0 aromatic heterocycles. The Hall–Kier alpha value is -2.83. The average molecular weight is 431 g/mol. The fourth-order valence-electron chi connectivity index (χ4n) is 3.09. The minimum Gasteiger partial charge on any atom is -0.478 e. The van der Waals surface area contributed by atoms with Gasteiger partial charge in [0, 0.05) is 44.0 Å². The molecule has 0 atom stereocenters. The molecule has 2 aromatic carbocycles. The highest BCUT2D eigenvalue weighted by Gasteiger charge is 2.32. The van der Waals surface area contributed by atoms with E-state index in [1.807, 2.05) is 18.2 Å². The Morgan fingerprint density at radius 2 is 1.43 bits per heavy atom. The van der Waals surface area contributed by atoms with Crippen LogP contribution in [0.15, 0.2) is 72.8 Å². The summed E-state index contributed by atoms with van der Waals surface area (Å²) >= 11 is 6.80. The first-order chi connectivity index (χ1) is 14.4. The summed E-state index contributed by atoms with van der Waals surface area (Å²) in [7, 11) is 0. The highest BCUT2D eigenvalue weighted by molar-refractivity contribution is 6.24. The van der Waals surface area contributed by atoms with Gasteiger partial charge in [-0.15, -0.1) is 11.6 Å². The Kier molecular flexibility index (Phi) is 9.38. The number of hydrogen-bond donors (Lipinski definition) is 3. The zero-order valence-corrected chi connectivity index (χ0v) is 17.5. The number of carboxylic acids is 2. The average Bonchev–Trinajstić information content (AvgIpc) is 2.75. The van der Waals surface area contributed by atoms with Gasteiger partial charge in [0.25, 0.3) is 0 Å². The topological polar surface area (TPSA) is 89.9 Å². The van der Waals surface area contributed by atoms with Crippen molar-refractivity contribution in [2.45, 2.75) is 24.3 Å². The first kappa shape index (κ1) is 23.4. The molecule has 1 aliphatic rings. The number of anilines is 1. The molecule has 0 bridgehead atoms. The highest BCUT2D eigenvalue weighted by atomic mass is 35.5. The molecule has 1 heterocycles. The summed E-state index contributed by atoms with van der Waals surface area (Å²) in [6.45, 7) is 3.99. The fourth-order valence-corrected chi connectivity index (χ4v) is 3.33. The lowest BCUT2D eigenvalue weighted by Crippen LogP contribution is -2.44. The maximum absolute atomic E-state index is 9.55. The predicted octanol–water partition coefficient (Wildman–Crippen LogP) is 4.08. The van der Waals surface area contributed by atoms with E-state index < -0.39 is 11.9 Å². The zero-order valence-electron chi connectivity index (χ0n) is 16.7. The number of likely N-dealkylation sites (tertiary alicyclic amines) is 1. The highest BCUT2D eigenvalue weighted by Crippen LogP contribution is 2.30. The van der Waals surface area contributed by atoms with Crippen LogP contribution >= 0.6 is 11.6 Å². The van der Waals surface area contributed by atoms with E-state index in [9.17, 15) is 9.59 Å². The van der Waals surface area contributed by atoms with Gasteiger partial charge in [0.15, 0.2) is 0 Å². The third-order valence-corrected chi connectivity index (χ3v) is 5.26. The van der Waals surface area contributed by atoms with Gasteiger partial charge in [-0.05, 0) is 30.5 Å². The van der Waals surface area contributed by atoms with Crippen molar-refractivity contribution < 1.29 is 19.8 Å². The van der Waals surface area contributed by atoms with Crippen LogP contribution in [0.5, 0.6) is 0 Å². The minimum atomic E-state index is -1.26. The van der Waals surface area contributed by atoms with Crippen molar-refractivity contribution in [3.8, 4) is 0 Å². The van der Waals surface area contributed by atoms with Gasteiger partial charge in [-0.25, -0.2) is 9.59 Å². The van der Waals surface area contributed by atoms with Crippen molar-refractivity contribution in [3.05, 3.63) is 78.4 Å². The lowest BCUT2D eigenvalue weighted by Gasteiger charge is -2.38. The van der Waals surface area contributed by atoms with Crippen molar-refractivity contribution in [1.29, 1.82) is 0 Å². The summed E-state index contributed by atoms with van der Waals surface area (Å²) in [5.74, 6) is -2.51. The number of rotatable bonds is 7. The molecule has 7 heteroatoms. The van der Waals surface area contributed by atoms with Gasteiger partial charge in [0.1, 0.15) is 0 Å². The van der Waals surface area contributed by atoms with Crippen LogP contribution in [0.2, 0.25) is 0 Å². The summed E-state index contributed by atoms with van der Waals surface area (Å²) in [5, 5.41) is 19.1. The number of nitrogens with zero attached hydrogens (tertiary/aromatic N) is 1. The lowest BCUT2D eigenvalue weighted by molar-refractivity contribution is -0.134. The molecule has 0 amide bonds. The van der Waals surface area contributed by atoms with E-state index >= 15 is 0 Å². The van der Waals surface area contributed by atoms with Gasteiger partial charge >= 0.3 is 11.9 Å². The molecule has 160 valence electrons. The molecule has 1 saturated heterocycles. The van der Waals surface area contributed by atoms with Crippen LogP contribution in [0.3, 0.4) is 0 Å². The van der Waals surface area contributed by atoms with E-state index in [0.717, 1.165) is 44.7 Å². The third-order valence-electron chi connectivity index (χ3n) is 4.75. The van der Waals surface area contributed by atoms with E-state index in [1.54, 1.807) is 0 Å². The van der Waals surface area contributed by atoms with E-state index in [1.165, 1.54) is 5.56 Å². The van der Waals surface area contributed by atoms with Crippen LogP contribution in [0, 0.1) is 0 Å². The Morgan fingerprint density at radius 3 is 1.93 bits per heavy atom. The summed E-state index contributed by atoms with van der Waals surface area (Å²) in [6, 6.07) is 21.0. The molecular formula is C23H27ClN2O4. The molecule has 3 rings (SSSR count). The van der Waals surface area contributed by atoms with Crippen molar-refractivity contribution >= 4 is 29.2 Å². The SMILES string of the molecule is ClC1(CNc2ccccc2)CCN(Cc2ccccc2)CC1.O=C(O)/C=C\C(=O)O. The molecule has 2 aromatic rings. The third kappa shape index (κ3) is 9.11. The fraction of sp³-hybridized carbons (Fsp3) is 0.304. The van der Waals surface area contributed by atoms with Gasteiger partial charge in [-0.3, -0.25) is 4.90 Å². The molecule has 0 spiro atoms. The molecule has 1 fully saturated rings. The molecule has 3 N–H and O–H groups in total. The standard InChI is InChI=1S/C19H23ClN2.C4H4O4/c20-19(16-21-18-9-5-2-6-10-18)11-13-22(14-12-19)15-17-7-3-1-4-8-17;5-3(6)1-2-4(7)8/h1-10,21H,11-16H2;1-2H,(H,5,6)(H,7,8)/b;2-1-. The quantitative estimate of drug-likeness (QED) is 0.453. The van der Waals surface area contributed by atoms with Gasteiger partial charge in [0.05, 0.1) is 4.87 Å². The second-order valence-corrected chi connectivity index (χ2v) is 7.94. The van der Waals surface area contributed by atoms with Crippen LogP contribution in [-0.2, 0) is 16.1 Å². The van der Waals surface area contributed by atoms with Crippen molar-refractivity contribution in [2.75, 3.05) is 25.0 Å². The Labute approximate surface area is 181 Å². The Bertz CT molecular complexity index is 804. The van der Waals surface area contributed by atoms with E-state index in [0.29, 0.717) is 12.2 Å². The molecule has 0 unspecified atom stereocenters. The van der Waals surface area contributed by atoms with Crippen molar-refractivity contribution in [2.24, 2.45) is 0 Å².